The first-order chi connectivity index (χ1) is 7.41. The Morgan fingerprint density at radius 3 is 2.38 bits per heavy atom. The monoisotopic (exact) mass is 232 g/mol. The van der Waals surface area contributed by atoms with Crippen LogP contribution in [0.25, 0.3) is 0 Å². The molecule has 0 spiro atoms. The van der Waals surface area contributed by atoms with Crippen LogP contribution in [0.1, 0.15) is 49.7 Å². The number of rotatable bonds is 1. The summed E-state index contributed by atoms with van der Waals surface area (Å²) in [5, 5.41) is 3.75. The van der Waals surface area contributed by atoms with E-state index in [1.807, 2.05) is 13.8 Å². The average Bonchev–Trinajstić information content (AvgIpc) is 2.56. The van der Waals surface area contributed by atoms with Gasteiger partial charge in [-0.25, -0.2) is 0 Å². The van der Waals surface area contributed by atoms with E-state index in [-0.39, 0.29) is 6.04 Å². The van der Waals surface area contributed by atoms with Crippen molar-refractivity contribution in [1.82, 2.24) is 9.78 Å². The molecule has 0 aromatic carbocycles. The lowest BCUT2D eigenvalue weighted by Gasteiger charge is -2.16. The first kappa shape index (κ1) is 11.5. The van der Waals surface area contributed by atoms with E-state index in [9.17, 15) is 13.2 Å². The summed E-state index contributed by atoms with van der Waals surface area (Å²) in [7, 11) is 0. The van der Waals surface area contributed by atoms with Crippen LogP contribution in [-0.2, 0) is 19.0 Å². The molecule has 90 valence electrons. The Labute approximate surface area is 92.4 Å². The number of alkyl halides is 3. The molecule has 1 aromatic rings. The maximum Gasteiger partial charge on any atom is 0.435 e. The topological polar surface area (TPSA) is 17.8 Å². The highest BCUT2D eigenvalue weighted by atomic mass is 19.4. The molecular weight excluding hydrogens is 217 g/mol. The molecule has 0 radical (unpaired) electrons. The van der Waals surface area contributed by atoms with Crippen LogP contribution >= 0.6 is 0 Å². The second-order valence-electron chi connectivity index (χ2n) is 4.52. The molecular formula is C11H15F3N2. The van der Waals surface area contributed by atoms with Gasteiger partial charge in [0, 0.05) is 17.3 Å². The van der Waals surface area contributed by atoms with Crippen LogP contribution in [0.5, 0.6) is 0 Å². The summed E-state index contributed by atoms with van der Waals surface area (Å²) in [4.78, 5) is 0. The van der Waals surface area contributed by atoms with Gasteiger partial charge in [-0.1, -0.05) is 0 Å². The predicted octanol–water partition coefficient (Wildman–Crippen LogP) is 3.36. The molecule has 1 heterocycles. The molecule has 2 nitrogen and oxygen atoms in total. The molecule has 0 unspecified atom stereocenters. The summed E-state index contributed by atoms with van der Waals surface area (Å²) >= 11 is 0. The van der Waals surface area contributed by atoms with Crippen molar-refractivity contribution in [3.8, 4) is 0 Å². The van der Waals surface area contributed by atoms with E-state index in [4.69, 9.17) is 0 Å². The molecule has 0 aliphatic heterocycles. The fourth-order valence-corrected chi connectivity index (χ4v) is 2.28. The first-order valence-electron chi connectivity index (χ1n) is 5.58. The summed E-state index contributed by atoms with van der Waals surface area (Å²) in [6, 6.07) is -0.0112. The van der Waals surface area contributed by atoms with Gasteiger partial charge < -0.3 is 0 Å². The highest BCUT2D eigenvalue weighted by molar-refractivity contribution is 5.31. The Hall–Kier alpha value is -1.00. The van der Waals surface area contributed by atoms with Crippen LogP contribution in [0.3, 0.4) is 0 Å². The Morgan fingerprint density at radius 2 is 1.81 bits per heavy atom. The quantitative estimate of drug-likeness (QED) is 0.726. The van der Waals surface area contributed by atoms with E-state index in [0.717, 1.165) is 25.0 Å². The third kappa shape index (κ3) is 1.83. The van der Waals surface area contributed by atoms with E-state index >= 15 is 0 Å². The maximum absolute atomic E-state index is 12.8. The van der Waals surface area contributed by atoms with Crippen molar-refractivity contribution in [2.24, 2.45) is 0 Å². The van der Waals surface area contributed by atoms with Crippen molar-refractivity contribution in [2.75, 3.05) is 0 Å². The molecule has 1 aromatic heterocycles. The van der Waals surface area contributed by atoms with Gasteiger partial charge in [0.2, 0.25) is 0 Å². The highest BCUT2D eigenvalue weighted by Crippen LogP contribution is 2.36. The van der Waals surface area contributed by atoms with Gasteiger partial charge in [0.05, 0.1) is 0 Å². The van der Waals surface area contributed by atoms with Crippen molar-refractivity contribution in [3.05, 3.63) is 17.0 Å². The largest absolute Gasteiger partial charge is 0.435 e. The number of hydrogen-bond donors (Lipinski definition) is 0. The minimum Gasteiger partial charge on any atom is -0.266 e. The maximum atomic E-state index is 12.8. The summed E-state index contributed by atoms with van der Waals surface area (Å²) in [6.45, 7) is 3.73. The zero-order valence-corrected chi connectivity index (χ0v) is 9.43. The van der Waals surface area contributed by atoms with Gasteiger partial charge >= 0.3 is 6.18 Å². The fraction of sp³-hybridized carbons (Fsp3) is 0.727. The van der Waals surface area contributed by atoms with Gasteiger partial charge in [-0.2, -0.15) is 18.3 Å². The zero-order chi connectivity index (χ0) is 11.9. The molecule has 0 amide bonds. The molecule has 0 fully saturated rings. The Bertz CT molecular complexity index is 391. The third-order valence-corrected chi connectivity index (χ3v) is 2.97. The van der Waals surface area contributed by atoms with E-state index in [0.29, 0.717) is 12.0 Å². The normalized spacial score (nSPS) is 16.6. The second-order valence-corrected chi connectivity index (χ2v) is 4.52. The van der Waals surface area contributed by atoms with Crippen molar-refractivity contribution in [2.45, 2.75) is 51.7 Å². The third-order valence-electron chi connectivity index (χ3n) is 2.97. The van der Waals surface area contributed by atoms with E-state index in [1.54, 1.807) is 0 Å². The second kappa shape index (κ2) is 3.79. The van der Waals surface area contributed by atoms with Crippen LogP contribution < -0.4 is 0 Å². The van der Waals surface area contributed by atoms with Crippen molar-refractivity contribution in [3.63, 3.8) is 0 Å². The number of hydrogen-bond acceptors (Lipinski definition) is 1. The molecule has 2 rings (SSSR count). The van der Waals surface area contributed by atoms with Gasteiger partial charge in [0.1, 0.15) is 0 Å². The van der Waals surface area contributed by atoms with Crippen molar-refractivity contribution < 1.29 is 13.2 Å². The zero-order valence-electron chi connectivity index (χ0n) is 9.43. The Kier molecular flexibility index (Phi) is 2.72. The molecule has 16 heavy (non-hydrogen) atoms. The molecule has 0 bridgehead atoms. The van der Waals surface area contributed by atoms with Gasteiger partial charge in [0.25, 0.3) is 0 Å². The van der Waals surface area contributed by atoms with Crippen LogP contribution in [-0.4, -0.2) is 9.78 Å². The lowest BCUT2D eigenvalue weighted by molar-refractivity contribution is -0.142. The first-order valence-corrected chi connectivity index (χ1v) is 5.58. The van der Waals surface area contributed by atoms with Crippen LogP contribution in [0.2, 0.25) is 0 Å². The number of fused-ring (bicyclic) bond motifs is 1. The number of halogens is 3. The van der Waals surface area contributed by atoms with Crippen molar-refractivity contribution >= 4 is 0 Å². The van der Waals surface area contributed by atoms with Gasteiger partial charge in [-0.3, -0.25) is 4.68 Å². The summed E-state index contributed by atoms with van der Waals surface area (Å²) in [6.07, 6.45) is -1.29. The van der Waals surface area contributed by atoms with Gasteiger partial charge in [0.15, 0.2) is 5.69 Å². The smallest absolute Gasteiger partial charge is 0.266 e. The van der Waals surface area contributed by atoms with Crippen LogP contribution in [0, 0.1) is 0 Å². The molecule has 0 saturated carbocycles. The number of aromatic nitrogens is 2. The minimum atomic E-state index is -4.32. The molecule has 0 atom stereocenters. The molecule has 0 saturated heterocycles. The average molecular weight is 232 g/mol. The molecule has 1 aliphatic carbocycles. The molecule has 1 aliphatic rings. The summed E-state index contributed by atoms with van der Waals surface area (Å²) in [5.74, 6) is 0. The lowest BCUT2D eigenvalue weighted by Crippen LogP contribution is -2.11. The highest BCUT2D eigenvalue weighted by Gasteiger charge is 2.39. The van der Waals surface area contributed by atoms with E-state index < -0.39 is 11.9 Å². The Balaban J connectivity index is 2.55. The fourth-order valence-electron chi connectivity index (χ4n) is 2.28. The van der Waals surface area contributed by atoms with Crippen LogP contribution in [0.15, 0.2) is 0 Å². The Morgan fingerprint density at radius 1 is 1.19 bits per heavy atom. The number of nitrogens with zero attached hydrogens (tertiary/aromatic N) is 2. The van der Waals surface area contributed by atoms with Gasteiger partial charge in [-0.05, 0) is 39.5 Å². The minimum absolute atomic E-state index is 0.0112. The van der Waals surface area contributed by atoms with Crippen LogP contribution in [0.4, 0.5) is 13.2 Å². The van der Waals surface area contributed by atoms with Crippen molar-refractivity contribution in [1.29, 1.82) is 0 Å². The SMILES string of the molecule is CC(C)n1nc(C(F)(F)F)c2c1CCCC2. The predicted molar refractivity (Wildman–Crippen MR) is 54.3 cm³/mol. The van der Waals surface area contributed by atoms with E-state index in [1.165, 1.54) is 4.68 Å². The summed E-state index contributed by atoms with van der Waals surface area (Å²) in [5.41, 5.74) is 0.539. The van der Waals surface area contributed by atoms with E-state index in [2.05, 4.69) is 5.10 Å². The lowest BCUT2D eigenvalue weighted by atomic mass is 9.95. The molecule has 0 N–H and O–H groups in total. The molecule has 5 heteroatoms. The standard InChI is InChI=1S/C11H15F3N2/c1-7(2)16-9-6-4-3-5-8(9)10(15-16)11(12,13)14/h7H,3-6H2,1-2H3. The summed E-state index contributed by atoms with van der Waals surface area (Å²) < 4.78 is 39.9. The van der Waals surface area contributed by atoms with Gasteiger partial charge in [-0.15, -0.1) is 0 Å².